The van der Waals surface area contributed by atoms with E-state index in [-0.39, 0.29) is 24.4 Å². The minimum Gasteiger partial charge on any atom is -0.323 e. The quantitative estimate of drug-likeness (QED) is 0.893. The Balaban J connectivity index is 1.52. The van der Waals surface area contributed by atoms with Crippen LogP contribution in [0.3, 0.4) is 0 Å². The molecule has 1 atom stereocenters. The number of carbonyl (C=O) groups excluding carboxylic acids is 2. The summed E-state index contributed by atoms with van der Waals surface area (Å²) in [4.78, 5) is 29.2. The summed E-state index contributed by atoms with van der Waals surface area (Å²) in [5, 5.41) is 2.85. The fourth-order valence-electron chi connectivity index (χ4n) is 4.09. The van der Waals surface area contributed by atoms with Crippen LogP contribution in [0.2, 0.25) is 0 Å². The summed E-state index contributed by atoms with van der Waals surface area (Å²) in [5.41, 5.74) is 4.30. The van der Waals surface area contributed by atoms with Gasteiger partial charge in [-0.25, -0.2) is 0 Å². The molecule has 0 saturated carbocycles. The predicted molar refractivity (Wildman–Crippen MR) is 107 cm³/mol. The van der Waals surface area contributed by atoms with Gasteiger partial charge in [0.25, 0.3) is 0 Å². The molecule has 2 aromatic carbocycles. The molecule has 0 aromatic heterocycles. The molecule has 1 N–H and O–H groups in total. The number of nitrogens with zero attached hydrogens (tertiary/aromatic N) is 2. The van der Waals surface area contributed by atoms with Crippen molar-refractivity contribution in [2.45, 2.75) is 32.2 Å². The van der Waals surface area contributed by atoms with E-state index in [1.54, 1.807) is 4.90 Å². The molecule has 5 nitrogen and oxygen atoms in total. The Hall–Kier alpha value is -2.66. The van der Waals surface area contributed by atoms with E-state index in [1.165, 1.54) is 11.1 Å². The molecule has 27 heavy (non-hydrogen) atoms. The van der Waals surface area contributed by atoms with Crippen LogP contribution < -0.4 is 10.2 Å². The minimum atomic E-state index is -0.255. The Labute approximate surface area is 160 Å². The van der Waals surface area contributed by atoms with E-state index in [4.69, 9.17) is 0 Å². The third-order valence-corrected chi connectivity index (χ3v) is 5.62. The molecule has 4 rings (SSSR count). The molecule has 2 heterocycles. The lowest BCUT2D eigenvalue weighted by Crippen LogP contribution is -2.52. The minimum absolute atomic E-state index is 0.00819. The van der Waals surface area contributed by atoms with Crippen molar-refractivity contribution in [3.8, 4) is 0 Å². The topological polar surface area (TPSA) is 52.7 Å². The number of hydrogen-bond acceptors (Lipinski definition) is 3. The van der Waals surface area contributed by atoms with Gasteiger partial charge in [-0.1, -0.05) is 36.4 Å². The first-order valence-corrected chi connectivity index (χ1v) is 9.64. The third-order valence-electron chi connectivity index (χ3n) is 5.62. The SMILES string of the molecule is CC(C(=O)N1CC(=O)Nc2ccccc21)N1CCCc2ccccc2CC1. The second kappa shape index (κ2) is 7.53. The molecule has 2 aliphatic rings. The van der Waals surface area contributed by atoms with Gasteiger partial charge in [0.2, 0.25) is 11.8 Å². The molecule has 0 fully saturated rings. The van der Waals surface area contributed by atoms with Gasteiger partial charge in [-0.2, -0.15) is 0 Å². The average molecular weight is 363 g/mol. The van der Waals surface area contributed by atoms with E-state index in [9.17, 15) is 9.59 Å². The fraction of sp³-hybridized carbons (Fsp3) is 0.364. The summed E-state index contributed by atoms with van der Waals surface area (Å²) < 4.78 is 0. The lowest BCUT2D eigenvalue weighted by Gasteiger charge is -2.36. The lowest BCUT2D eigenvalue weighted by molar-refractivity contribution is -0.125. The van der Waals surface area contributed by atoms with Crippen LogP contribution in [0, 0.1) is 0 Å². The van der Waals surface area contributed by atoms with Crippen molar-refractivity contribution < 1.29 is 9.59 Å². The summed E-state index contributed by atoms with van der Waals surface area (Å²) >= 11 is 0. The van der Waals surface area contributed by atoms with Gasteiger partial charge in [0.05, 0.1) is 17.4 Å². The van der Waals surface area contributed by atoms with Crippen LogP contribution in [0.4, 0.5) is 11.4 Å². The normalized spacial score (nSPS) is 18.6. The second-order valence-corrected chi connectivity index (χ2v) is 7.32. The molecule has 0 bridgehead atoms. The van der Waals surface area contributed by atoms with Gasteiger partial charge in [0, 0.05) is 6.54 Å². The van der Waals surface area contributed by atoms with E-state index >= 15 is 0 Å². The van der Waals surface area contributed by atoms with Crippen LogP contribution >= 0.6 is 0 Å². The maximum atomic E-state index is 13.3. The van der Waals surface area contributed by atoms with Crippen LogP contribution in [0.15, 0.2) is 48.5 Å². The van der Waals surface area contributed by atoms with Crippen molar-refractivity contribution in [3.63, 3.8) is 0 Å². The molecule has 0 aliphatic carbocycles. The smallest absolute Gasteiger partial charge is 0.244 e. The molecular weight excluding hydrogens is 338 g/mol. The number of anilines is 2. The zero-order valence-corrected chi connectivity index (χ0v) is 15.6. The molecule has 140 valence electrons. The zero-order valence-electron chi connectivity index (χ0n) is 15.6. The van der Waals surface area contributed by atoms with Crippen molar-refractivity contribution >= 4 is 23.2 Å². The van der Waals surface area contributed by atoms with Gasteiger partial charge in [-0.3, -0.25) is 19.4 Å². The van der Waals surface area contributed by atoms with Crippen molar-refractivity contribution in [2.75, 3.05) is 29.9 Å². The largest absolute Gasteiger partial charge is 0.323 e. The van der Waals surface area contributed by atoms with Gasteiger partial charge in [0.15, 0.2) is 0 Å². The Morgan fingerprint density at radius 2 is 1.70 bits per heavy atom. The highest BCUT2D eigenvalue weighted by Crippen LogP contribution is 2.30. The Kier molecular flexibility index (Phi) is 4.94. The number of fused-ring (bicyclic) bond motifs is 2. The summed E-state index contributed by atoms with van der Waals surface area (Å²) in [6.45, 7) is 3.79. The van der Waals surface area contributed by atoms with Crippen LogP contribution in [0.5, 0.6) is 0 Å². The van der Waals surface area contributed by atoms with Crippen LogP contribution in [0.1, 0.15) is 24.5 Å². The third kappa shape index (κ3) is 3.60. The molecule has 5 heteroatoms. The van der Waals surface area contributed by atoms with Gasteiger partial charge < -0.3 is 5.32 Å². The second-order valence-electron chi connectivity index (χ2n) is 7.32. The van der Waals surface area contributed by atoms with Crippen molar-refractivity contribution in [3.05, 3.63) is 59.7 Å². The maximum Gasteiger partial charge on any atom is 0.244 e. The maximum absolute atomic E-state index is 13.3. The van der Waals surface area contributed by atoms with Crippen LogP contribution in [-0.4, -0.2) is 42.4 Å². The molecule has 2 aromatic rings. The molecule has 0 saturated heterocycles. The predicted octanol–water partition coefficient (Wildman–Crippen LogP) is 2.85. The number of carbonyl (C=O) groups is 2. The van der Waals surface area contributed by atoms with E-state index < -0.39 is 0 Å². The molecule has 1 unspecified atom stereocenters. The van der Waals surface area contributed by atoms with E-state index in [2.05, 4.69) is 34.5 Å². The van der Waals surface area contributed by atoms with Crippen LogP contribution in [-0.2, 0) is 22.4 Å². The number of aryl methyl sites for hydroxylation is 1. The Bertz CT molecular complexity index is 864. The number of benzene rings is 2. The average Bonchev–Trinajstić information content (AvgIpc) is 2.67. The fourth-order valence-corrected chi connectivity index (χ4v) is 4.09. The van der Waals surface area contributed by atoms with E-state index in [1.807, 2.05) is 31.2 Å². The highest BCUT2D eigenvalue weighted by molar-refractivity contribution is 6.11. The van der Waals surface area contributed by atoms with E-state index in [0.29, 0.717) is 5.69 Å². The number of nitrogens with one attached hydrogen (secondary N) is 1. The standard InChI is InChI=1S/C22H25N3O2/c1-16(24-13-6-9-17-7-2-3-8-18(17)12-14-24)22(27)25-15-21(26)23-19-10-4-5-11-20(19)25/h2-5,7-8,10-11,16H,6,9,12-15H2,1H3,(H,23,26). The van der Waals surface area contributed by atoms with E-state index in [0.717, 1.165) is 38.0 Å². The lowest BCUT2D eigenvalue weighted by atomic mass is 9.97. The monoisotopic (exact) mass is 363 g/mol. The summed E-state index contributed by atoms with van der Waals surface area (Å²) in [6, 6.07) is 15.8. The van der Waals surface area contributed by atoms with Crippen LogP contribution in [0.25, 0.3) is 0 Å². The Morgan fingerprint density at radius 1 is 1.00 bits per heavy atom. The van der Waals surface area contributed by atoms with Crippen molar-refractivity contribution in [2.24, 2.45) is 0 Å². The molecule has 0 spiro atoms. The first kappa shape index (κ1) is 17.7. The molecule has 2 amide bonds. The summed E-state index contributed by atoms with van der Waals surface area (Å²) in [7, 11) is 0. The van der Waals surface area contributed by atoms with Gasteiger partial charge in [0.1, 0.15) is 6.54 Å². The number of amides is 2. The summed E-state index contributed by atoms with van der Waals surface area (Å²) in [6.07, 6.45) is 3.03. The van der Waals surface area contributed by atoms with Gasteiger partial charge in [-0.05, 0) is 56.0 Å². The number of rotatable bonds is 2. The number of hydrogen-bond donors (Lipinski definition) is 1. The van der Waals surface area contributed by atoms with Gasteiger partial charge in [-0.15, -0.1) is 0 Å². The molecular formula is C22H25N3O2. The summed E-state index contributed by atoms with van der Waals surface area (Å²) in [5.74, 6) is -0.151. The van der Waals surface area contributed by atoms with Crippen molar-refractivity contribution in [1.82, 2.24) is 4.90 Å². The first-order valence-electron chi connectivity index (χ1n) is 9.64. The molecule has 0 radical (unpaired) electrons. The Morgan fingerprint density at radius 3 is 2.52 bits per heavy atom. The van der Waals surface area contributed by atoms with Gasteiger partial charge >= 0.3 is 0 Å². The molecule has 2 aliphatic heterocycles. The highest BCUT2D eigenvalue weighted by atomic mass is 16.2. The first-order chi connectivity index (χ1) is 13.1. The zero-order chi connectivity index (χ0) is 18.8. The van der Waals surface area contributed by atoms with Crippen molar-refractivity contribution in [1.29, 1.82) is 0 Å². The highest BCUT2D eigenvalue weighted by Gasteiger charge is 2.32. The number of para-hydroxylation sites is 2.